The summed E-state index contributed by atoms with van der Waals surface area (Å²) in [5.41, 5.74) is 1.13. The van der Waals surface area contributed by atoms with Gasteiger partial charge in [0.25, 0.3) is 0 Å². The molecule has 1 atom stereocenters. The van der Waals surface area contributed by atoms with Crippen molar-refractivity contribution in [2.45, 2.75) is 10.6 Å². The van der Waals surface area contributed by atoms with Gasteiger partial charge in [-0.3, -0.25) is 0 Å². The van der Waals surface area contributed by atoms with Gasteiger partial charge in [0.05, 0.1) is 10.4 Å². The fourth-order valence-electron chi connectivity index (χ4n) is 2.26. The summed E-state index contributed by atoms with van der Waals surface area (Å²) >= 11 is 4.48. The topological polar surface area (TPSA) is 55.4 Å². The average Bonchev–Trinajstić information content (AvgIpc) is 2.92. The highest BCUT2D eigenvalue weighted by Gasteiger charge is 2.23. The van der Waals surface area contributed by atoms with Crippen LogP contribution in [0.15, 0.2) is 44.4 Å². The molecule has 0 amide bonds. The maximum Gasteiger partial charge on any atom is 0.250 e. The average molecular weight is 388 g/mol. The minimum atomic E-state index is -3.43. The fourth-order valence-corrected chi connectivity index (χ4v) is 5.43. The van der Waals surface area contributed by atoms with Gasteiger partial charge in [0.15, 0.2) is 0 Å². The standard InChI is InChI=1S/C14H14BrNO3S2/c15-13-5-6-14(20-13)21(17,18)16-8-10-7-11-3-1-2-4-12(11)19-9-10/h1-6,10,16H,7-9H2/t10-/m1/s1. The smallest absolute Gasteiger partial charge is 0.250 e. The quantitative estimate of drug-likeness (QED) is 0.876. The molecular weight excluding hydrogens is 374 g/mol. The Bertz CT molecular complexity index is 742. The van der Waals surface area contributed by atoms with E-state index in [9.17, 15) is 8.42 Å². The molecule has 0 unspecified atom stereocenters. The van der Waals surface area contributed by atoms with Crippen LogP contribution < -0.4 is 9.46 Å². The number of thiophene rings is 1. The third kappa shape index (κ3) is 3.48. The van der Waals surface area contributed by atoms with Crippen molar-refractivity contribution < 1.29 is 13.2 Å². The van der Waals surface area contributed by atoms with Crippen molar-refractivity contribution in [3.8, 4) is 5.75 Å². The largest absolute Gasteiger partial charge is 0.493 e. The fraction of sp³-hybridized carbons (Fsp3) is 0.286. The number of fused-ring (bicyclic) bond motifs is 1. The molecule has 112 valence electrons. The van der Waals surface area contributed by atoms with Crippen molar-refractivity contribution in [1.29, 1.82) is 0 Å². The number of nitrogens with one attached hydrogen (secondary N) is 1. The second kappa shape index (κ2) is 6.08. The number of benzene rings is 1. The lowest BCUT2D eigenvalue weighted by molar-refractivity contribution is 0.223. The van der Waals surface area contributed by atoms with Crippen molar-refractivity contribution in [3.05, 3.63) is 45.7 Å². The summed E-state index contributed by atoms with van der Waals surface area (Å²) in [5.74, 6) is 1.05. The number of hydrogen-bond donors (Lipinski definition) is 1. The second-order valence-corrected chi connectivity index (χ2v) is 9.36. The first-order valence-electron chi connectivity index (χ1n) is 6.50. The number of para-hydroxylation sites is 1. The van der Waals surface area contributed by atoms with E-state index in [4.69, 9.17) is 4.74 Å². The van der Waals surface area contributed by atoms with E-state index >= 15 is 0 Å². The maximum absolute atomic E-state index is 12.2. The maximum atomic E-state index is 12.2. The van der Waals surface area contributed by atoms with E-state index in [0.29, 0.717) is 17.4 Å². The van der Waals surface area contributed by atoms with Gasteiger partial charge in [-0.15, -0.1) is 11.3 Å². The Hall–Kier alpha value is -0.890. The summed E-state index contributed by atoms with van der Waals surface area (Å²) < 4.78 is 33.8. The molecule has 1 aromatic carbocycles. The molecule has 1 aliphatic heterocycles. The number of hydrogen-bond acceptors (Lipinski definition) is 4. The number of rotatable bonds is 4. The van der Waals surface area contributed by atoms with Gasteiger partial charge in [-0.1, -0.05) is 18.2 Å². The van der Waals surface area contributed by atoms with Crippen LogP contribution in [0.2, 0.25) is 0 Å². The summed E-state index contributed by atoms with van der Waals surface area (Å²) in [6, 6.07) is 11.2. The van der Waals surface area contributed by atoms with Crippen LogP contribution in [0.5, 0.6) is 5.75 Å². The molecular formula is C14H14BrNO3S2. The molecule has 2 aromatic rings. The minimum absolute atomic E-state index is 0.151. The molecule has 0 saturated heterocycles. The molecule has 0 aliphatic carbocycles. The lowest BCUT2D eigenvalue weighted by Crippen LogP contribution is -2.34. The van der Waals surface area contributed by atoms with E-state index in [1.807, 2.05) is 24.3 Å². The van der Waals surface area contributed by atoms with Gasteiger partial charge in [0, 0.05) is 12.5 Å². The Kier molecular flexibility index (Phi) is 4.35. The summed E-state index contributed by atoms with van der Waals surface area (Å²) in [7, 11) is -3.43. The van der Waals surface area contributed by atoms with Gasteiger partial charge in [-0.25, -0.2) is 13.1 Å². The second-order valence-electron chi connectivity index (χ2n) is 4.90. The van der Waals surface area contributed by atoms with Crippen LogP contribution in [0, 0.1) is 5.92 Å². The molecule has 1 aromatic heterocycles. The van der Waals surface area contributed by atoms with Crippen LogP contribution in [0.1, 0.15) is 5.56 Å². The third-order valence-electron chi connectivity index (χ3n) is 3.33. The Balaban J connectivity index is 1.64. The molecule has 1 aliphatic rings. The summed E-state index contributed by atoms with van der Waals surface area (Å²) in [6.07, 6.45) is 0.826. The SMILES string of the molecule is O=S(=O)(NC[C@@H]1COc2ccccc2C1)c1ccc(Br)s1. The molecule has 0 spiro atoms. The monoisotopic (exact) mass is 387 g/mol. The lowest BCUT2D eigenvalue weighted by Gasteiger charge is -2.25. The van der Waals surface area contributed by atoms with Gasteiger partial charge in [-0.2, -0.15) is 0 Å². The van der Waals surface area contributed by atoms with Crippen molar-refractivity contribution in [2.24, 2.45) is 5.92 Å². The molecule has 7 heteroatoms. The highest BCUT2D eigenvalue weighted by atomic mass is 79.9. The van der Waals surface area contributed by atoms with Gasteiger partial charge in [0.2, 0.25) is 10.0 Å². The summed E-state index contributed by atoms with van der Waals surface area (Å²) in [4.78, 5) is 0. The van der Waals surface area contributed by atoms with E-state index in [2.05, 4.69) is 20.7 Å². The number of halogens is 1. The van der Waals surface area contributed by atoms with E-state index < -0.39 is 10.0 Å². The van der Waals surface area contributed by atoms with Crippen molar-refractivity contribution >= 4 is 37.3 Å². The minimum Gasteiger partial charge on any atom is -0.493 e. The first kappa shape index (κ1) is 15.0. The van der Waals surface area contributed by atoms with Crippen molar-refractivity contribution in [3.63, 3.8) is 0 Å². The zero-order chi connectivity index (χ0) is 14.9. The summed E-state index contributed by atoms with van der Waals surface area (Å²) in [6.45, 7) is 0.917. The Labute approximate surface area is 136 Å². The Morgan fingerprint density at radius 1 is 1.29 bits per heavy atom. The van der Waals surface area contributed by atoms with Gasteiger partial charge in [-0.05, 0) is 46.1 Å². The van der Waals surface area contributed by atoms with Gasteiger partial charge in [0.1, 0.15) is 9.96 Å². The zero-order valence-corrected chi connectivity index (χ0v) is 14.3. The first-order chi connectivity index (χ1) is 10.0. The van der Waals surface area contributed by atoms with Crippen LogP contribution in [-0.2, 0) is 16.4 Å². The molecule has 2 heterocycles. The summed E-state index contributed by atoms with van der Waals surface area (Å²) in [5, 5.41) is 0. The van der Waals surface area contributed by atoms with E-state index in [1.54, 1.807) is 12.1 Å². The highest BCUT2D eigenvalue weighted by molar-refractivity contribution is 9.11. The predicted molar refractivity (Wildman–Crippen MR) is 86.3 cm³/mol. The molecule has 4 nitrogen and oxygen atoms in total. The van der Waals surface area contributed by atoms with E-state index in [-0.39, 0.29) is 5.92 Å². The van der Waals surface area contributed by atoms with Crippen molar-refractivity contribution in [2.75, 3.05) is 13.2 Å². The Morgan fingerprint density at radius 3 is 2.86 bits per heavy atom. The zero-order valence-electron chi connectivity index (χ0n) is 11.1. The van der Waals surface area contributed by atoms with Gasteiger partial charge < -0.3 is 4.74 Å². The number of ether oxygens (including phenoxy) is 1. The third-order valence-corrected chi connectivity index (χ3v) is 6.87. The highest BCUT2D eigenvalue weighted by Crippen LogP contribution is 2.28. The predicted octanol–water partition coefficient (Wildman–Crippen LogP) is 3.04. The number of sulfonamides is 1. The van der Waals surface area contributed by atoms with Crippen molar-refractivity contribution in [1.82, 2.24) is 4.72 Å². The van der Waals surface area contributed by atoms with Crippen LogP contribution in [-0.4, -0.2) is 21.6 Å². The normalized spacial score (nSPS) is 18.0. The molecule has 3 rings (SSSR count). The Morgan fingerprint density at radius 2 is 2.10 bits per heavy atom. The molecule has 0 saturated carbocycles. The molecule has 21 heavy (non-hydrogen) atoms. The van der Waals surface area contributed by atoms with Crippen LogP contribution in [0.4, 0.5) is 0 Å². The van der Waals surface area contributed by atoms with E-state index in [1.165, 1.54) is 11.3 Å². The molecule has 0 radical (unpaired) electrons. The van der Waals surface area contributed by atoms with Crippen LogP contribution in [0.25, 0.3) is 0 Å². The lowest BCUT2D eigenvalue weighted by atomic mass is 9.97. The molecule has 0 bridgehead atoms. The van der Waals surface area contributed by atoms with Gasteiger partial charge >= 0.3 is 0 Å². The first-order valence-corrected chi connectivity index (χ1v) is 9.59. The van der Waals surface area contributed by atoms with Crippen LogP contribution in [0.3, 0.4) is 0 Å². The molecule has 1 N–H and O–H groups in total. The van der Waals surface area contributed by atoms with E-state index in [0.717, 1.165) is 21.5 Å². The van der Waals surface area contributed by atoms with Crippen LogP contribution >= 0.6 is 27.3 Å². The molecule has 0 fully saturated rings.